The molecule has 0 saturated carbocycles. The van der Waals surface area contributed by atoms with Crippen molar-refractivity contribution in [1.82, 2.24) is 9.13 Å². The minimum Gasteiger partial charge on any atom is -0.313 e. The number of allylic oxidation sites excluding steroid dienone is 13. The topological polar surface area (TPSA) is 9.86 Å². The Kier molecular flexibility index (Phi) is 8.75. The Balaban J connectivity index is 0.987. The molecule has 310 valence electrons. The smallest absolute Gasteiger partial charge is 0.0541 e. The third-order valence-electron chi connectivity index (χ3n) is 15.0. The van der Waals surface area contributed by atoms with E-state index < -0.39 is 0 Å². The van der Waals surface area contributed by atoms with Crippen LogP contribution in [0, 0.1) is 12.3 Å². The number of nitrogens with zero attached hydrogens (tertiary/aromatic N) is 2. The quantitative estimate of drug-likeness (QED) is 0.117. The first-order valence-electron chi connectivity index (χ1n) is 23.5. The monoisotopic (exact) mass is 832 g/mol. The molecule has 5 aliphatic rings. The highest BCUT2D eigenvalue weighted by atomic mass is 15.0. The number of hydrogen-bond acceptors (Lipinski definition) is 0. The Morgan fingerprint density at radius 1 is 0.585 bits per heavy atom. The highest BCUT2D eigenvalue weighted by molar-refractivity contribution is 6.12. The minimum atomic E-state index is 0.947. The highest BCUT2D eigenvalue weighted by Crippen LogP contribution is 2.45. The first kappa shape index (κ1) is 37.9. The maximum absolute atomic E-state index is 5.69. The van der Waals surface area contributed by atoms with E-state index in [0.29, 0.717) is 0 Å². The number of hydrogen-bond donors (Lipinski definition) is 0. The lowest BCUT2D eigenvalue weighted by Gasteiger charge is -2.19. The van der Waals surface area contributed by atoms with Crippen molar-refractivity contribution >= 4 is 61.1 Å². The maximum Gasteiger partial charge on any atom is 0.0541 e. The average molecular weight is 833 g/mol. The molecule has 0 fully saturated rings. The summed E-state index contributed by atoms with van der Waals surface area (Å²) in [6, 6.07) is 46.5. The molecule has 0 radical (unpaired) electrons. The first-order valence-corrected chi connectivity index (χ1v) is 23.5. The van der Waals surface area contributed by atoms with Gasteiger partial charge in [-0.15, -0.1) is 6.42 Å². The van der Waals surface area contributed by atoms with E-state index in [1.807, 2.05) is 0 Å². The molecule has 2 aromatic heterocycles. The van der Waals surface area contributed by atoms with Crippen molar-refractivity contribution in [3.8, 4) is 34.8 Å². The molecule has 0 bridgehead atoms. The highest BCUT2D eigenvalue weighted by Gasteiger charge is 2.27. The van der Waals surface area contributed by atoms with E-state index in [9.17, 15) is 0 Å². The van der Waals surface area contributed by atoms with Crippen molar-refractivity contribution in [2.24, 2.45) is 0 Å². The largest absolute Gasteiger partial charge is 0.313 e. The van der Waals surface area contributed by atoms with Gasteiger partial charge in [-0.05, 0) is 204 Å². The number of terminal acetylenes is 1. The summed E-state index contributed by atoms with van der Waals surface area (Å²) in [7, 11) is 0. The standard InChI is InChI=1S/C63H48N2/c1-3-5-13-40(4-2)42-22-28-60-56(34-42)58-36-44(24-30-62(58)64(60)50-26-20-48-32-46-16-9-11-18-52(46)54(48)38-50)45-25-31-63-59(37-45)57-35-43(41-14-7-6-8-15-41)23-29-61(57)65(63)51-27-21-49-33-47-17-10-12-19-53(47)55(49)39-51/h1,4-8,11-15,18-23,25-29,31,34-39H,9-10,16-17,24,30,32-33H2,2H3/b13-5-,40-4+. The summed E-state index contributed by atoms with van der Waals surface area (Å²) in [6.45, 7) is 2.09. The van der Waals surface area contributed by atoms with E-state index in [0.717, 1.165) is 44.1 Å². The molecule has 0 aliphatic heterocycles. The number of rotatable bonds is 6. The van der Waals surface area contributed by atoms with Crippen LogP contribution in [-0.2, 0) is 19.3 Å². The van der Waals surface area contributed by atoms with Crippen LogP contribution in [-0.4, -0.2) is 9.13 Å². The Morgan fingerprint density at radius 3 is 1.89 bits per heavy atom. The third-order valence-corrected chi connectivity index (χ3v) is 15.0. The van der Waals surface area contributed by atoms with E-state index >= 15 is 0 Å². The lowest BCUT2D eigenvalue weighted by atomic mass is 9.90. The SMILES string of the molecule is C#C/C=C\C(=C/C)c1ccc2c(c1)c1c(n2-c2ccc3c(c2)C2=C(CCC=C2)C3)CCC(c2ccc3c(c2)c2cc(-c4ccccc4)ccc2n3-c2ccc3c(c2)C2=C(CCC=C2)C3)=C1. The summed E-state index contributed by atoms with van der Waals surface area (Å²) in [5, 5.41) is 3.83. The maximum atomic E-state index is 5.69. The van der Waals surface area contributed by atoms with Gasteiger partial charge in [-0.25, -0.2) is 0 Å². The molecular weight excluding hydrogens is 785 g/mol. The molecule has 0 N–H and O–H groups in total. The fourth-order valence-electron chi connectivity index (χ4n) is 11.8. The molecule has 13 rings (SSSR count). The number of benzene rings is 6. The molecule has 2 heterocycles. The second-order valence-electron chi connectivity index (χ2n) is 18.5. The van der Waals surface area contributed by atoms with Gasteiger partial charge in [0.15, 0.2) is 0 Å². The van der Waals surface area contributed by atoms with E-state index in [4.69, 9.17) is 6.42 Å². The lowest BCUT2D eigenvalue weighted by molar-refractivity contribution is 0.897. The van der Waals surface area contributed by atoms with E-state index in [1.54, 1.807) is 17.2 Å². The summed E-state index contributed by atoms with van der Waals surface area (Å²) in [5.74, 6) is 2.70. The summed E-state index contributed by atoms with van der Waals surface area (Å²) < 4.78 is 5.06. The van der Waals surface area contributed by atoms with Crippen LogP contribution in [0.15, 0.2) is 175 Å². The molecule has 0 spiro atoms. The Bertz CT molecular complexity index is 3650. The zero-order valence-corrected chi connectivity index (χ0v) is 36.8. The van der Waals surface area contributed by atoms with Gasteiger partial charge in [0.1, 0.15) is 0 Å². The van der Waals surface area contributed by atoms with Crippen molar-refractivity contribution in [1.29, 1.82) is 0 Å². The van der Waals surface area contributed by atoms with Gasteiger partial charge < -0.3 is 9.13 Å². The van der Waals surface area contributed by atoms with E-state index in [-0.39, 0.29) is 0 Å². The summed E-state index contributed by atoms with van der Waals surface area (Å²) in [6.07, 6.45) is 32.3. The van der Waals surface area contributed by atoms with Crippen molar-refractivity contribution in [2.45, 2.75) is 58.3 Å². The molecule has 8 aromatic rings. The predicted molar refractivity (Wildman–Crippen MR) is 275 cm³/mol. The van der Waals surface area contributed by atoms with Crippen LogP contribution >= 0.6 is 0 Å². The van der Waals surface area contributed by atoms with Crippen molar-refractivity contribution in [3.05, 3.63) is 220 Å². The molecule has 0 saturated heterocycles. The fourth-order valence-corrected chi connectivity index (χ4v) is 11.8. The van der Waals surface area contributed by atoms with Gasteiger partial charge >= 0.3 is 0 Å². The fraction of sp³-hybridized carbons (Fsp3) is 0.143. The van der Waals surface area contributed by atoms with Gasteiger partial charge in [-0.1, -0.05) is 108 Å². The average Bonchev–Trinajstić information content (AvgIpc) is 4.11. The number of fused-ring (bicyclic) bond motifs is 10. The van der Waals surface area contributed by atoms with Gasteiger partial charge in [0.25, 0.3) is 0 Å². The van der Waals surface area contributed by atoms with Gasteiger partial charge in [-0.2, -0.15) is 0 Å². The van der Waals surface area contributed by atoms with Crippen molar-refractivity contribution < 1.29 is 0 Å². The minimum absolute atomic E-state index is 0.947. The van der Waals surface area contributed by atoms with Gasteiger partial charge in [0.05, 0.1) is 16.6 Å². The van der Waals surface area contributed by atoms with E-state index in [2.05, 4.69) is 186 Å². The lowest BCUT2D eigenvalue weighted by Crippen LogP contribution is -2.06. The molecule has 6 aromatic carbocycles. The molecule has 2 nitrogen and oxygen atoms in total. The van der Waals surface area contributed by atoms with Crippen LogP contribution in [0.3, 0.4) is 0 Å². The zero-order valence-electron chi connectivity index (χ0n) is 36.8. The molecule has 0 amide bonds. The molecular formula is C63H48N2. The zero-order chi connectivity index (χ0) is 43.2. The molecule has 5 aliphatic carbocycles. The van der Waals surface area contributed by atoms with Crippen LogP contribution in [0.4, 0.5) is 0 Å². The van der Waals surface area contributed by atoms with Crippen LogP contribution in [0.1, 0.15) is 83.7 Å². The molecule has 0 unspecified atom stereocenters. The molecule has 65 heavy (non-hydrogen) atoms. The summed E-state index contributed by atoms with van der Waals surface area (Å²) in [4.78, 5) is 0. The Hall–Kier alpha value is -7.60. The Labute approximate surface area is 381 Å². The van der Waals surface area contributed by atoms with Crippen LogP contribution in [0.25, 0.3) is 83.6 Å². The van der Waals surface area contributed by atoms with Gasteiger partial charge in [-0.3, -0.25) is 0 Å². The number of aromatic nitrogens is 2. The van der Waals surface area contributed by atoms with Crippen molar-refractivity contribution in [2.75, 3.05) is 0 Å². The van der Waals surface area contributed by atoms with Crippen LogP contribution in [0.5, 0.6) is 0 Å². The second kappa shape index (κ2) is 15.0. The molecule has 2 heteroatoms. The van der Waals surface area contributed by atoms with Crippen molar-refractivity contribution in [3.63, 3.8) is 0 Å². The third kappa shape index (κ3) is 6.03. The molecule has 0 atom stereocenters. The summed E-state index contributed by atoms with van der Waals surface area (Å²) in [5.41, 5.74) is 28.1. The van der Waals surface area contributed by atoms with E-state index in [1.165, 1.54) is 129 Å². The van der Waals surface area contributed by atoms with Gasteiger partial charge in [0.2, 0.25) is 0 Å². The normalized spacial score (nSPS) is 16.4. The predicted octanol–water partition coefficient (Wildman–Crippen LogP) is 15.8. The Morgan fingerprint density at radius 2 is 1.22 bits per heavy atom. The van der Waals surface area contributed by atoms with Gasteiger partial charge in [0, 0.05) is 38.8 Å². The van der Waals surface area contributed by atoms with Crippen LogP contribution < -0.4 is 0 Å². The summed E-state index contributed by atoms with van der Waals surface area (Å²) >= 11 is 0. The second-order valence-corrected chi connectivity index (χ2v) is 18.5. The van der Waals surface area contributed by atoms with Crippen LogP contribution in [0.2, 0.25) is 0 Å². The first-order chi connectivity index (χ1) is 32.1.